The summed E-state index contributed by atoms with van der Waals surface area (Å²) in [6.45, 7) is 12.1. The number of carbonyl (C=O) groups excluding carboxylic acids is 1. The van der Waals surface area contributed by atoms with Crippen molar-refractivity contribution in [3.05, 3.63) is 40.5 Å². The number of hydrogen-bond acceptors (Lipinski definition) is 4. The summed E-state index contributed by atoms with van der Waals surface area (Å²) in [5.74, 6) is 0.861. The minimum Gasteiger partial charge on any atom is -0.381 e. The van der Waals surface area contributed by atoms with Crippen LogP contribution in [-0.2, 0) is 16.0 Å². The number of aryl methyl sites for hydroxylation is 1. The number of ether oxygens (including phenoxy) is 1. The van der Waals surface area contributed by atoms with Crippen LogP contribution < -0.4 is 5.32 Å². The molecule has 0 aliphatic carbocycles. The third-order valence-electron chi connectivity index (χ3n) is 5.18. The lowest BCUT2D eigenvalue weighted by molar-refractivity contribution is -0.115. The Morgan fingerprint density at radius 2 is 2.00 bits per heavy atom. The Kier molecular flexibility index (Phi) is 8.58. The van der Waals surface area contributed by atoms with E-state index < -0.39 is 0 Å². The van der Waals surface area contributed by atoms with Crippen molar-refractivity contribution in [3.63, 3.8) is 0 Å². The van der Waals surface area contributed by atoms with Gasteiger partial charge in [0.2, 0.25) is 0 Å². The van der Waals surface area contributed by atoms with E-state index in [1.807, 2.05) is 20.8 Å². The minimum absolute atomic E-state index is 0.183. The zero-order chi connectivity index (χ0) is 20.5. The second-order valence-electron chi connectivity index (χ2n) is 7.05. The number of allylic oxidation sites excluding steroid dienone is 1. The average molecular weight is 384 g/mol. The summed E-state index contributed by atoms with van der Waals surface area (Å²) < 4.78 is 5.53. The van der Waals surface area contributed by atoms with E-state index in [-0.39, 0.29) is 5.91 Å². The molecule has 0 aromatic heterocycles. The minimum atomic E-state index is -0.183. The number of benzene rings is 1. The Labute approximate surface area is 169 Å². The normalized spacial score (nSPS) is 16.6. The van der Waals surface area contributed by atoms with Crippen molar-refractivity contribution in [2.24, 2.45) is 9.98 Å². The van der Waals surface area contributed by atoms with Gasteiger partial charge in [0.15, 0.2) is 0 Å². The summed E-state index contributed by atoms with van der Waals surface area (Å²) in [5, 5.41) is 2.91. The van der Waals surface area contributed by atoms with Crippen molar-refractivity contribution in [1.29, 1.82) is 0 Å². The molecule has 1 aromatic rings. The van der Waals surface area contributed by atoms with Crippen LogP contribution in [0.5, 0.6) is 0 Å². The van der Waals surface area contributed by atoms with E-state index in [4.69, 9.17) is 9.73 Å². The molecule has 5 nitrogen and oxygen atoms in total. The molecular weight excluding hydrogens is 350 g/mol. The van der Waals surface area contributed by atoms with Crippen molar-refractivity contribution < 1.29 is 9.53 Å². The van der Waals surface area contributed by atoms with Crippen molar-refractivity contribution >= 4 is 23.6 Å². The molecule has 1 N–H and O–H groups in total. The van der Waals surface area contributed by atoms with Crippen LogP contribution in [0, 0.1) is 6.92 Å². The maximum Gasteiger partial charge on any atom is 0.257 e. The smallest absolute Gasteiger partial charge is 0.257 e. The topological polar surface area (TPSA) is 63.0 Å². The molecule has 1 amide bonds. The quantitative estimate of drug-likeness (QED) is 0.441. The van der Waals surface area contributed by atoms with Crippen LogP contribution in [0.2, 0.25) is 0 Å². The molecule has 0 unspecified atom stereocenters. The van der Waals surface area contributed by atoms with Crippen LogP contribution in [0.3, 0.4) is 0 Å². The van der Waals surface area contributed by atoms with Gasteiger partial charge in [0.25, 0.3) is 5.91 Å². The van der Waals surface area contributed by atoms with Gasteiger partial charge in [-0.3, -0.25) is 9.79 Å². The summed E-state index contributed by atoms with van der Waals surface area (Å²) in [6, 6.07) is 4.42. The number of amides is 1. The summed E-state index contributed by atoms with van der Waals surface area (Å²) in [6.07, 6.45) is 6.35. The molecule has 0 saturated carbocycles. The molecule has 152 valence electrons. The van der Waals surface area contributed by atoms with E-state index in [2.05, 4.69) is 36.3 Å². The number of nitrogens with one attached hydrogen (secondary N) is 1. The highest BCUT2D eigenvalue weighted by Gasteiger charge is 2.21. The number of nitrogens with zero attached hydrogens (tertiary/aromatic N) is 2. The van der Waals surface area contributed by atoms with E-state index in [0.29, 0.717) is 23.9 Å². The number of rotatable bonds is 6. The second kappa shape index (κ2) is 10.9. The molecule has 5 heteroatoms. The largest absolute Gasteiger partial charge is 0.381 e. The Bertz CT molecular complexity index is 772. The van der Waals surface area contributed by atoms with E-state index in [0.717, 1.165) is 38.2 Å². The number of aliphatic imine (C=N–C) groups is 2. The predicted octanol–water partition coefficient (Wildman–Crippen LogP) is 4.65. The van der Waals surface area contributed by atoms with Crippen LogP contribution >= 0.6 is 0 Å². The molecule has 1 heterocycles. The first-order valence-electron chi connectivity index (χ1n) is 10.2. The van der Waals surface area contributed by atoms with Crippen molar-refractivity contribution in [2.75, 3.05) is 19.8 Å². The fourth-order valence-electron chi connectivity index (χ4n) is 3.52. The maximum atomic E-state index is 12.5. The maximum absolute atomic E-state index is 12.5. The van der Waals surface area contributed by atoms with Gasteiger partial charge in [0.1, 0.15) is 5.84 Å². The molecule has 1 fully saturated rings. The highest BCUT2D eigenvalue weighted by Crippen LogP contribution is 2.37. The van der Waals surface area contributed by atoms with Gasteiger partial charge >= 0.3 is 0 Å². The highest BCUT2D eigenvalue weighted by molar-refractivity contribution is 6.17. The molecule has 1 aromatic carbocycles. The first-order chi connectivity index (χ1) is 13.5. The van der Waals surface area contributed by atoms with Gasteiger partial charge < -0.3 is 10.1 Å². The summed E-state index contributed by atoms with van der Waals surface area (Å²) in [4.78, 5) is 21.5. The lowest BCUT2D eigenvalue weighted by Crippen LogP contribution is -2.30. The lowest BCUT2D eigenvalue weighted by atomic mass is 9.87. The van der Waals surface area contributed by atoms with Crippen LogP contribution in [-0.4, -0.2) is 37.7 Å². The first-order valence-corrected chi connectivity index (χ1v) is 10.2. The van der Waals surface area contributed by atoms with Gasteiger partial charge in [-0.1, -0.05) is 25.1 Å². The SMILES string of the molecule is C/C=C(\C=N/CC)C(=O)N/C(C)=N/c1c(C2CCOCC2)ccc(CC)c1C. The fourth-order valence-corrected chi connectivity index (χ4v) is 3.52. The molecule has 1 aliphatic heterocycles. The third kappa shape index (κ3) is 5.61. The highest BCUT2D eigenvalue weighted by atomic mass is 16.5. The second-order valence-corrected chi connectivity index (χ2v) is 7.05. The molecular formula is C23H33N3O2. The van der Waals surface area contributed by atoms with Gasteiger partial charge in [-0.25, -0.2) is 4.99 Å². The monoisotopic (exact) mass is 383 g/mol. The molecule has 0 radical (unpaired) electrons. The van der Waals surface area contributed by atoms with Gasteiger partial charge in [0.05, 0.1) is 11.3 Å². The van der Waals surface area contributed by atoms with Crippen molar-refractivity contribution in [2.45, 2.75) is 59.8 Å². The Morgan fingerprint density at radius 1 is 1.29 bits per heavy atom. The Hall–Kier alpha value is -2.27. The summed E-state index contributed by atoms with van der Waals surface area (Å²) in [5.41, 5.74) is 5.27. The summed E-state index contributed by atoms with van der Waals surface area (Å²) in [7, 11) is 0. The zero-order valence-electron chi connectivity index (χ0n) is 17.8. The summed E-state index contributed by atoms with van der Waals surface area (Å²) >= 11 is 0. The number of hydrogen-bond donors (Lipinski definition) is 1. The predicted molar refractivity (Wildman–Crippen MR) is 117 cm³/mol. The van der Waals surface area contributed by atoms with Crippen LogP contribution in [0.15, 0.2) is 33.8 Å². The lowest BCUT2D eigenvalue weighted by Gasteiger charge is -2.25. The van der Waals surface area contributed by atoms with Gasteiger partial charge in [-0.2, -0.15) is 0 Å². The van der Waals surface area contributed by atoms with Gasteiger partial charge in [0, 0.05) is 26.0 Å². The van der Waals surface area contributed by atoms with Crippen LogP contribution in [0.4, 0.5) is 5.69 Å². The number of carbonyl (C=O) groups is 1. The van der Waals surface area contributed by atoms with E-state index >= 15 is 0 Å². The van der Waals surface area contributed by atoms with Crippen LogP contribution in [0.25, 0.3) is 0 Å². The molecule has 28 heavy (non-hydrogen) atoms. The number of amidine groups is 1. The van der Waals surface area contributed by atoms with E-state index in [9.17, 15) is 4.79 Å². The average Bonchev–Trinajstić information content (AvgIpc) is 2.70. The Morgan fingerprint density at radius 3 is 2.61 bits per heavy atom. The molecule has 0 bridgehead atoms. The standard InChI is InChI=1S/C23H33N3O2/c1-6-18-9-10-21(20-11-13-28-14-12-20)22(16(18)4)25-17(5)26-23(27)19(7-2)15-24-8-3/h7,9-10,15,20H,6,8,11-14H2,1-5H3,(H,25,26,27)/b19-7+,24-15-. The van der Waals surface area contributed by atoms with Crippen molar-refractivity contribution in [3.8, 4) is 0 Å². The molecule has 1 aliphatic rings. The fraction of sp³-hybridized carbons (Fsp3) is 0.522. The molecule has 0 spiro atoms. The van der Waals surface area contributed by atoms with Gasteiger partial charge in [-0.05, 0) is 69.6 Å². The first kappa shape index (κ1) is 22.0. The third-order valence-corrected chi connectivity index (χ3v) is 5.18. The van der Waals surface area contributed by atoms with E-state index in [1.165, 1.54) is 16.7 Å². The Balaban J connectivity index is 2.33. The zero-order valence-corrected chi connectivity index (χ0v) is 17.8. The molecule has 2 rings (SSSR count). The molecule has 1 saturated heterocycles. The van der Waals surface area contributed by atoms with Crippen LogP contribution in [0.1, 0.15) is 63.1 Å². The molecule has 0 atom stereocenters. The van der Waals surface area contributed by atoms with Crippen molar-refractivity contribution in [1.82, 2.24) is 5.32 Å². The van der Waals surface area contributed by atoms with E-state index in [1.54, 1.807) is 12.3 Å². The van der Waals surface area contributed by atoms with Gasteiger partial charge in [-0.15, -0.1) is 0 Å².